The minimum atomic E-state index is -0.289. The molecular weight excluding hydrogens is 358 g/mol. The van der Waals surface area contributed by atoms with Gasteiger partial charge in [0, 0.05) is 38.6 Å². The zero-order chi connectivity index (χ0) is 19.9. The van der Waals surface area contributed by atoms with Crippen molar-refractivity contribution in [2.45, 2.75) is 19.9 Å². The number of piperazine rings is 1. The zero-order valence-corrected chi connectivity index (χ0v) is 16.2. The highest BCUT2D eigenvalue weighted by molar-refractivity contribution is 5.93. The van der Waals surface area contributed by atoms with Gasteiger partial charge in [0.05, 0.1) is 18.2 Å². The number of amides is 2. The lowest BCUT2D eigenvalue weighted by Crippen LogP contribution is -2.49. The molecule has 0 bridgehead atoms. The first-order valence-electron chi connectivity index (χ1n) is 9.43. The van der Waals surface area contributed by atoms with E-state index in [1.165, 1.54) is 12.4 Å². The van der Waals surface area contributed by atoms with Crippen LogP contribution in [0.3, 0.4) is 0 Å². The van der Waals surface area contributed by atoms with E-state index in [4.69, 9.17) is 4.74 Å². The lowest BCUT2D eigenvalue weighted by molar-refractivity contribution is 0.0938. The van der Waals surface area contributed by atoms with E-state index in [2.05, 4.69) is 15.3 Å². The average molecular weight is 383 g/mol. The third kappa shape index (κ3) is 4.76. The van der Waals surface area contributed by atoms with E-state index >= 15 is 0 Å². The van der Waals surface area contributed by atoms with Crippen LogP contribution in [-0.2, 0) is 4.74 Å². The SMILES string of the molecule is CCOC(=O)N1CCN(c2ncc(C(=O)NC(C)c3ccccc3)cn2)CC1. The van der Waals surface area contributed by atoms with Crippen molar-refractivity contribution in [1.29, 1.82) is 0 Å². The van der Waals surface area contributed by atoms with Crippen LogP contribution in [0.25, 0.3) is 0 Å². The second kappa shape index (κ2) is 9.16. The van der Waals surface area contributed by atoms with Crippen LogP contribution in [0, 0.1) is 0 Å². The van der Waals surface area contributed by atoms with Crippen molar-refractivity contribution in [3.05, 3.63) is 53.9 Å². The molecule has 1 unspecified atom stereocenters. The van der Waals surface area contributed by atoms with Crippen molar-refractivity contribution in [3.63, 3.8) is 0 Å². The molecule has 8 heteroatoms. The maximum absolute atomic E-state index is 12.4. The molecule has 0 spiro atoms. The molecule has 1 atom stereocenters. The molecular formula is C20H25N5O3. The Labute approximate surface area is 164 Å². The summed E-state index contributed by atoms with van der Waals surface area (Å²) < 4.78 is 5.02. The molecule has 1 aromatic carbocycles. The molecule has 0 aliphatic carbocycles. The molecule has 2 aromatic rings. The third-order valence-corrected chi connectivity index (χ3v) is 4.64. The Kier molecular flexibility index (Phi) is 6.41. The molecule has 28 heavy (non-hydrogen) atoms. The Morgan fingerprint density at radius 1 is 1.11 bits per heavy atom. The van der Waals surface area contributed by atoms with Gasteiger partial charge in [0.1, 0.15) is 0 Å². The molecule has 1 aliphatic rings. The Balaban J connectivity index is 1.55. The Morgan fingerprint density at radius 2 is 1.75 bits per heavy atom. The van der Waals surface area contributed by atoms with Crippen LogP contribution in [0.2, 0.25) is 0 Å². The predicted octanol–water partition coefficient (Wildman–Crippen LogP) is 2.25. The summed E-state index contributed by atoms with van der Waals surface area (Å²) in [6.45, 7) is 6.45. The van der Waals surface area contributed by atoms with Crippen molar-refractivity contribution < 1.29 is 14.3 Å². The summed E-state index contributed by atoms with van der Waals surface area (Å²) in [5.74, 6) is 0.339. The number of nitrogens with one attached hydrogen (secondary N) is 1. The van der Waals surface area contributed by atoms with Crippen LogP contribution in [0.4, 0.5) is 10.7 Å². The summed E-state index contributed by atoms with van der Waals surface area (Å²) in [7, 11) is 0. The van der Waals surface area contributed by atoms with Gasteiger partial charge < -0.3 is 19.9 Å². The van der Waals surface area contributed by atoms with Crippen molar-refractivity contribution in [1.82, 2.24) is 20.2 Å². The Hall–Kier alpha value is -3.16. The molecule has 1 saturated heterocycles. The van der Waals surface area contributed by atoms with Gasteiger partial charge in [-0.05, 0) is 19.4 Å². The first kappa shape index (κ1) is 19.6. The van der Waals surface area contributed by atoms with E-state index in [-0.39, 0.29) is 18.0 Å². The van der Waals surface area contributed by atoms with Crippen LogP contribution in [0.15, 0.2) is 42.7 Å². The normalized spacial score (nSPS) is 15.1. The van der Waals surface area contributed by atoms with Gasteiger partial charge in [-0.15, -0.1) is 0 Å². The maximum atomic E-state index is 12.4. The van der Waals surface area contributed by atoms with Crippen molar-refractivity contribution in [3.8, 4) is 0 Å². The number of aromatic nitrogens is 2. The van der Waals surface area contributed by atoms with Gasteiger partial charge >= 0.3 is 6.09 Å². The standard InChI is InChI=1S/C20H25N5O3/c1-3-28-20(27)25-11-9-24(10-12-25)19-21-13-17(14-22-19)18(26)23-15(2)16-7-5-4-6-8-16/h4-8,13-15H,3,9-12H2,1-2H3,(H,23,26). The minimum Gasteiger partial charge on any atom is -0.450 e. The van der Waals surface area contributed by atoms with Crippen LogP contribution < -0.4 is 10.2 Å². The number of hydrogen-bond donors (Lipinski definition) is 1. The molecule has 8 nitrogen and oxygen atoms in total. The van der Waals surface area contributed by atoms with Crippen molar-refractivity contribution in [2.24, 2.45) is 0 Å². The van der Waals surface area contributed by atoms with E-state index in [0.29, 0.717) is 44.3 Å². The van der Waals surface area contributed by atoms with Crippen LogP contribution >= 0.6 is 0 Å². The number of hydrogen-bond acceptors (Lipinski definition) is 6. The highest BCUT2D eigenvalue weighted by Crippen LogP contribution is 2.14. The molecule has 1 aromatic heterocycles. The first-order chi connectivity index (χ1) is 13.6. The average Bonchev–Trinajstić information content (AvgIpc) is 2.74. The van der Waals surface area contributed by atoms with E-state index in [9.17, 15) is 9.59 Å². The summed E-state index contributed by atoms with van der Waals surface area (Å²) in [6, 6.07) is 9.66. The van der Waals surface area contributed by atoms with E-state index in [1.54, 1.807) is 11.8 Å². The topological polar surface area (TPSA) is 87.7 Å². The maximum Gasteiger partial charge on any atom is 0.409 e. The predicted molar refractivity (Wildman–Crippen MR) is 105 cm³/mol. The van der Waals surface area contributed by atoms with Gasteiger partial charge in [0.2, 0.25) is 5.95 Å². The number of nitrogens with zero attached hydrogens (tertiary/aromatic N) is 4. The molecule has 2 heterocycles. The number of benzene rings is 1. The van der Waals surface area contributed by atoms with Crippen molar-refractivity contribution >= 4 is 17.9 Å². The van der Waals surface area contributed by atoms with Gasteiger partial charge in [0.15, 0.2) is 0 Å². The third-order valence-electron chi connectivity index (χ3n) is 4.64. The smallest absolute Gasteiger partial charge is 0.409 e. The monoisotopic (exact) mass is 383 g/mol. The fourth-order valence-corrected chi connectivity index (χ4v) is 3.01. The molecule has 0 saturated carbocycles. The Morgan fingerprint density at radius 3 is 2.36 bits per heavy atom. The Bertz CT molecular complexity index is 789. The van der Waals surface area contributed by atoms with E-state index < -0.39 is 0 Å². The van der Waals surface area contributed by atoms with Crippen molar-refractivity contribution in [2.75, 3.05) is 37.7 Å². The fourth-order valence-electron chi connectivity index (χ4n) is 3.01. The van der Waals surface area contributed by atoms with Gasteiger partial charge in [-0.3, -0.25) is 4.79 Å². The molecule has 0 radical (unpaired) electrons. The lowest BCUT2D eigenvalue weighted by atomic mass is 10.1. The number of ether oxygens (including phenoxy) is 1. The van der Waals surface area contributed by atoms with Crippen LogP contribution in [0.1, 0.15) is 35.8 Å². The molecule has 2 amide bonds. The minimum absolute atomic E-state index is 0.107. The molecule has 3 rings (SSSR count). The summed E-state index contributed by atoms with van der Waals surface area (Å²) in [5.41, 5.74) is 1.45. The van der Waals surface area contributed by atoms with E-state index in [0.717, 1.165) is 5.56 Å². The van der Waals surface area contributed by atoms with Gasteiger partial charge in [0.25, 0.3) is 5.91 Å². The highest BCUT2D eigenvalue weighted by Gasteiger charge is 2.23. The molecule has 1 fully saturated rings. The van der Waals surface area contributed by atoms with E-state index in [1.807, 2.05) is 42.2 Å². The summed E-state index contributed by atoms with van der Waals surface area (Å²) in [6.07, 6.45) is 2.78. The molecule has 1 aliphatic heterocycles. The largest absolute Gasteiger partial charge is 0.450 e. The number of anilines is 1. The second-order valence-electron chi connectivity index (χ2n) is 6.55. The fraction of sp³-hybridized carbons (Fsp3) is 0.400. The summed E-state index contributed by atoms with van der Waals surface area (Å²) in [5, 5.41) is 2.95. The highest BCUT2D eigenvalue weighted by atomic mass is 16.6. The zero-order valence-electron chi connectivity index (χ0n) is 16.2. The van der Waals surface area contributed by atoms with Gasteiger partial charge in [-0.1, -0.05) is 30.3 Å². The quantitative estimate of drug-likeness (QED) is 0.852. The number of carbonyl (C=O) groups is 2. The second-order valence-corrected chi connectivity index (χ2v) is 6.55. The molecule has 1 N–H and O–H groups in total. The van der Waals surface area contributed by atoms with Gasteiger partial charge in [-0.2, -0.15) is 0 Å². The summed E-state index contributed by atoms with van der Waals surface area (Å²) >= 11 is 0. The van der Waals surface area contributed by atoms with Crippen LogP contribution in [-0.4, -0.2) is 59.7 Å². The number of rotatable bonds is 5. The number of carbonyl (C=O) groups excluding carboxylic acids is 2. The first-order valence-corrected chi connectivity index (χ1v) is 9.43. The lowest BCUT2D eigenvalue weighted by Gasteiger charge is -2.33. The van der Waals surface area contributed by atoms with Crippen LogP contribution in [0.5, 0.6) is 0 Å². The molecule has 148 valence electrons. The summed E-state index contributed by atoms with van der Waals surface area (Å²) in [4.78, 5) is 36.5. The van der Waals surface area contributed by atoms with Gasteiger partial charge in [-0.25, -0.2) is 14.8 Å².